The van der Waals surface area contributed by atoms with E-state index in [1.165, 1.54) is 7.11 Å². The highest BCUT2D eigenvalue weighted by atomic mass is 16.5. The molecule has 3 rings (SSSR count). The topological polar surface area (TPSA) is 71.9 Å². The Labute approximate surface area is 134 Å². The molecule has 1 aromatic carbocycles. The standard InChI is InChI=1S/C17H20N2O4/c1-3-23-15-10-19(9-14(15)20)17(21)12-8-16(22-2)18-13-7-5-4-6-11(12)13/h4-8,14-15,20H,3,9-10H2,1-2H3/t14-,15-/m1/s1. The highest BCUT2D eigenvalue weighted by Gasteiger charge is 2.35. The highest BCUT2D eigenvalue weighted by molar-refractivity contribution is 6.06. The summed E-state index contributed by atoms with van der Waals surface area (Å²) in [5, 5.41) is 10.8. The predicted molar refractivity (Wildman–Crippen MR) is 85.6 cm³/mol. The molecule has 6 heteroatoms. The number of ether oxygens (including phenoxy) is 2. The van der Waals surface area contributed by atoms with Gasteiger partial charge in [0.1, 0.15) is 6.10 Å². The van der Waals surface area contributed by atoms with Gasteiger partial charge in [-0.3, -0.25) is 4.79 Å². The molecule has 1 aliphatic rings. The number of para-hydroxylation sites is 1. The van der Waals surface area contributed by atoms with Crippen LogP contribution in [0.25, 0.3) is 10.9 Å². The number of amides is 1. The van der Waals surface area contributed by atoms with E-state index >= 15 is 0 Å². The van der Waals surface area contributed by atoms with Gasteiger partial charge in [0.2, 0.25) is 5.88 Å². The van der Waals surface area contributed by atoms with Crippen LogP contribution in [0.1, 0.15) is 17.3 Å². The highest BCUT2D eigenvalue weighted by Crippen LogP contribution is 2.25. The molecule has 0 bridgehead atoms. The van der Waals surface area contributed by atoms with Gasteiger partial charge in [0, 0.05) is 31.1 Å². The first-order valence-corrected chi connectivity index (χ1v) is 7.66. The van der Waals surface area contributed by atoms with Gasteiger partial charge in [-0.25, -0.2) is 4.98 Å². The molecule has 1 saturated heterocycles. The van der Waals surface area contributed by atoms with Crippen molar-refractivity contribution < 1.29 is 19.4 Å². The number of β-amino-alcohol motifs (C(OH)–C–C–N with tert-alkyl or cyclic N) is 1. The van der Waals surface area contributed by atoms with E-state index in [2.05, 4.69) is 4.98 Å². The molecule has 1 aliphatic heterocycles. The first-order chi connectivity index (χ1) is 11.1. The van der Waals surface area contributed by atoms with Crippen LogP contribution in [0, 0.1) is 0 Å². The van der Waals surface area contributed by atoms with Crippen LogP contribution in [-0.2, 0) is 4.74 Å². The summed E-state index contributed by atoms with van der Waals surface area (Å²) in [6.07, 6.45) is -0.993. The van der Waals surface area contributed by atoms with Gasteiger partial charge < -0.3 is 19.5 Å². The molecular weight excluding hydrogens is 296 g/mol. The van der Waals surface area contributed by atoms with Crippen molar-refractivity contribution in [1.82, 2.24) is 9.88 Å². The van der Waals surface area contributed by atoms with Gasteiger partial charge in [-0.1, -0.05) is 18.2 Å². The number of fused-ring (bicyclic) bond motifs is 1. The van der Waals surface area contributed by atoms with Gasteiger partial charge in [-0.15, -0.1) is 0 Å². The first-order valence-electron chi connectivity index (χ1n) is 7.66. The van der Waals surface area contributed by atoms with Crippen molar-refractivity contribution >= 4 is 16.8 Å². The molecule has 122 valence electrons. The third-order valence-corrected chi connectivity index (χ3v) is 4.04. The summed E-state index contributed by atoms with van der Waals surface area (Å²) in [6, 6.07) is 9.09. The Bertz CT molecular complexity index is 719. The van der Waals surface area contributed by atoms with Crippen molar-refractivity contribution in [2.75, 3.05) is 26.8 Å². The Kier molecular flexibility index (Phi) is 4.45. The Hall–Kier alpha value is -2.18. The van der Waals surface area contributed by atoms with Crippen LogP contribution in [0.3, 0.4) is 0 Å². The summed E-state index contributed by atoms with van der Waals surface area (Å²) in [5.74, 6) is 0.247. The van der Waals surface area contributed by atoms with Gasteiger partial charge in [0.15, 0.2) is 0 Å². The van der Waals surface area contributed by atoms with Crippen molar-refractivity contribution in [3.05, 3.63) is 35.9 Å². The lowest BCUT2D eigenvalue weighted by Crippen LogP contribution is -2.30. The maximum atomic E-state index is 12.9. The molecule has 2 aromatic rings. The van der Waals surface area contributed by atoms with Crippen LogP contribution in [-0.4, -0.2) is 59.9 Å². The molecule has 2 heterocycles. The van der Waals surface area contributed by atoms with Crippen LogP contribution in [0.4, 0.5) is 0 Å². The second-order valence-corrected chi connectivity index (χ2v) is 5.50. The van der Waals surface area contributed by atoms with Crippen LogP contribution < -0.4 is 4.74 Å². The number of rotatable bonds is 4. The lowest BCUT2D eigenvalue weighted by molar-refractivity contribution is -0.00237. The second-order valence-electron chi connectivity index (χ2n) is 5.50. The molecule has 1 N–H and O–H groups in total. The van der Waals surface area contributed by atoms with Crippen molar-refractivity contribution in [3.8, 4) is 5.88 Å². The largest absolute Gasteiger partial charge is 0.481 e. The zero-order valence-corrected chi connectivity index (χ0v) is 13.2. The molecular formula is C17H20N2O4. The average Bonchev–Trinajstić information content (AvgIpc) is 2.94. The van der Waals surface area contributed by atoms with E-state index < -0.39 is 6.10 Å². The number of nitrogens with zero attached hydrogens (tertiary/aromatic N) is 2. The number of aliphatic hydroxyl groups is 1. The van der Waals surface area contributed by atoms with Gasteiger partial charge in [-0.05, 0) is 13.0 Å². The van der Waals surface area contributed by atoms with E-state index in [1.54, 1.807) is 11.0 Å². The number of aromatic nitrogens is 1. The molecule has 1 amide bonds. The Morgan fingerprint density at radius 2 is 2.17 bits per heavy atom. The van der Waals surface area contributed by atoms with Gasteiger partial charge >= 0.3 is 0 Å². The van der Waals surface area contributed by atoms with E-state index in [0.717, 1.165) is 5.39 Å². The van der Waals surface area contributed by atoms with Crippen LogP contribution in [0.2, 0.25) is 0 Å². The lowest BCUT2D eigenvalue weighted by Gasteiger charge is -2.17. The number of carbonyl (C=O) groups excluding carboxylic acids is 1. The zero-order valence-electron chi connectivity index (χ0n) is 13.2. The predicted octanol–water partition coefficient (Wildman–Crippen LogP) is 1.47. The monoisotopic (exact) mass is 316 g/mol. The molecule has 1 aromatic heterocycles. The summed E-state index contributed by atoms with van der Waals surface area (Å²) in [7, 11) is 1.52. The number of hydrogen-bond donors (Lipinski definition) is 1. The SMILES string of the molecule is CCO[C@@H]1CN(C(=O)c2cc(OC)nc3ccccc23)C[C@H]1O. The zero-order chi connectivity index (χ0) is 16.4. The number of carbonyl (C=O) groups is 1. The molecule has 0 unspecified atom stereocenters. The number of benzene rings is 1. The normalized spacial score (nSPS) is 20.9. The molecule has 0 aliphatic carbocycles. The third kappa shape index (κ3) is 3.00. The van der Waals surface area contributed by atoms with Crippen molar-refractivity contribution in [2.24, 2.45) is 0 Å². The van der Waals surface area contributed by atoms with Crippen LogP contribution in [0.15, 0.2) is 30.3 Å². The molecule has 23 heavy (non-hydrogen) atoms. The number of pyridine rings is 1. The Morgan fingerprint density at radius 3 is 2.91 bits per heavy atom. The molecule has 2 atom stereocenters. The van der Waals surface area contributed by atoms with Crippen LogP contribution >= 0.6 is 0 Å². The number of likely N-dealkylation sites (tertiary alicyclic amines) is 1. The third-order valence-electron chi connectivity index (χ3n) is 4.04. The minimum absolute atomic E-state index is 0.150. The molecule has 1 fully saturated rings. The smallest absolute Gasteiger partial charge is 0.254 e. The van der Waals surface area contributed by atoms with Crippen molar-refractivity contribution in [3.63, 3.8) is 0 Å². The van der Waals surface area contributed by atoms with Crippen molar-refractivity contribution in [2.45, 2.75) is 19.1 Å². The Balaban J connectivity index is 1.95. The molecule has 6 nitrogen and oxygen atoms in total. The van der Waals surface area contributed by atoms with E-state index in [-0.39, 0.29) is 18.6 Å². The Morgan fingerprint density at radius 1 is 1.39 bits per heavy atom. The quantitative estimate of drug-likeness (QED) is 0.925. The lowest BCUT2D eigenvalue weighted by atomic mass is 10.1. The fraction of sp³-hybridized carbons (Fsp3) is 0.412. The summed E-state index contributed by atoms with van der Waals surface area (Å²) < 4.78 is 10.7. The summed E-state index contributed by atoms with van der Waals surface area (Å²) in [6.45, 7) is 3.03. The maximum absolute atomic E-state index is 12.9. The van der Waals surface area contributed by atoms with E-state index in [0.29, 0.717) is 30.1 Å². The van der Waals surface area contributed by atoms with Crippen LogP contribution in [0.5, 0.6) is 5.88 Å². The van der Waals surface area contributed by atoms with Crippen molar-refractivity contribution in [1.29, 1.82) is 0 Å². The molecule has 0 radical (unpaired) electrons. The molecule has 0 saturated carbocycles. The van der Waals surface area contributed by atoms with Gasteiger partial charge in [-0.2, -0.15) is 0 Å². The minimum Gasteiger partial charge on any atom is -0.481 e. The van der Waals surface area contributed by atoms with E-state index in [4.69, 9.17) is 9.47 Å². The summed E-state index contributed by atoms with van der Waals surface area (Å²) in [5.41, 5.74) is 1.23. The number of hydrogen-bond acceptors (Lipinski definition) is 5. The first kappa shape index (κ1) is 15.7. The minimum atomic E-state index is -0.658. The fourth-order valence-corrected chi connectivity index (χ4v) is 2.90. The summed E-state index contributed by atoms with van der Waals surface area (Å²) >= 11 is 0. The van der Waals surface area contributed by atoms with E-state index in [1.807, 2.05) is 31.2 Å². The summed E-state index contributed by atoms with van der Waals surface area (Å²) in [4.78, 5) is 18.9. The van der Waals surface area contributed by atoms with E-state index in [9.17, 15) is 9.90 Å². The second kappa shape index (κ2) is 6.52. The number of aliphatic hydroxyl groups excluding tert-OH is 1. The maximum Gasteiger partial charge on any atom is 0.254 e. The number of methoxy groups -OCH3 is 1. The van der Waals surface area contributed by atoms with Gasteiger partial charge in [0.05, 0.1) is 24.3 Å². The fourth-order valence-electron chi connectivity index (χ4n) is 2.90. The van der Waals surface area contributed by atoms with Gasteiger partial charge in [0.25, 0.3) is 5.91 Å². The molecule has 0 spiro atoms. The average molecular weight is 316 g/mol.